The third-order valence-corrected chi connectivity index (χ3v) is 2.81. The van der Waals surface area contributed by atoms with Crippen LogP contribution in [0.15, 0.2) is 23.2 Å². The van der Waals surface area contributed by atoms with Crippen LogP contribution in [0.3, 0.4) is 0 Å². The van der Waals surface area contributed by atoms with E-state index in [0.717, 1.165) is 29.7 Å². The van der Waals surface area contributed by atoms with Crippen molar-refractivity contribution in [2.24, 2.45) is 10.7 Å². The Bertz CT molecular complexity index is 446. The fourth-order valence-corrected chi connectivity index (χ4v) is 1.87. The van der Waals surface area contributed by atoms with Crippen LogP contribution < -0.4 is 16.4 Å². The molecule has 0 saturated heterocycles. The van der Waals surface area contributed by atoms with Crippen LogP contribution in [0.25, 0.3) is 0 Å². The molecule has 0 saturated carbocycles. The zero-order valence-electron chi connectivity index (χ0n) is 11.8. The van der Waals surface area contributed by atoms with E-state index in [1.165, 1.54) is 0 Å². The number of hydrogen-bond donors (Lipinski definition) is 3. The molecule has 1 rings (SSSR count). The Morgan fingerprint density at radius 3 is 2.26 bits per heavy atom. The van der Waals surface area contributed by atoms with E-state index < -0.39 is 0 Å². The molecule has 0 radical (unpaired) electrons. The molecule has 19 heavy (non-hydrogen) atoms. The van der Waals surface area contributed by atoms with Gasteiger partial charge in [-0.2, -0.15) is 0 Å². The van der Waals surface area contributed by atoms with Gasteiger partial charge in [0.15, 0.2) is 5.96 Å². The molecule has 1 aromatic carbocycles. The van der Waals surface area contributed by atoms with Crippen molar-refractivity contribution in [1.29, 1.82) is 0 Å². The standard InChI is InChI=1S/C14H22N4O/c1-4-10-8-7-9-11(5-2)12(10)17-14(19)18-13(15)16-6-3/h7-9H,4-6H2,1-3H3,(H4,15,16,17,18,19). The summed E-state index contributed by atoms with van der Waals surface area (Å²) in [5, 5.41) is 5.37. The fraction of sp³-hybridized carbons (Fsp3) is 0.429. The average Bonchev–Trinajstić information content (AvgIpc) is 2.39. The summed E-state index contributed by atoms with van der Waals surface area (Å²) in [6.07, 6.45) is 1.73. The number of anilines is 1. The number of nitrogens with two attached hydrogens (primary N) is 1. The van der Waals surface area contributed by atoms with Crippen LogP contribution in [0.1, 0.15) is 31.9 Å². The number of hydrogen-bond acceptors (Lipinski definition) is 2. The number of carbonyl (C=O) groups excluding carboxylic acids is 1. The number of amides is 2. The number of guanidine groups is 1. The van der Waals surface area contributed by atoms with E-state index in [4.69, 9.17) is 5.73 Å². The summed E-state index contributed by atoms with van der Waals surface area (Å²) in [5.41, 5.74) is 8.65. The summed E-state index contributed by atoms with van der Waals surface area (Å²) in [4.78, 5) is 15.8. The van der Waals surface area contributed by atoms with Gasteiger partial charge in [-0.1, -0.05) is 32.0 Å². The van der Waals surface area contributed by atoms with Crippen molar-refractivity contribution in [3.63, 3.8) is 0 Å². The number of benzene rings is 1. The molecule has 0 atom stereocenters. The van der Waals surface area contributed by atoms with Gasteiger partial charge in [0.05, 0.1) is 0 Å². The largest absolute Gasteiger partial charge is 0.370 e. The van der Waals surface area contributed by atoms with Crippen molar-refractivity contribution in [2.75, 3.05) is 11.9 Å². The zero-order chi connectivity index (χ0) is 14.3. The van der Waals surface area contributed by atoms with Gasteiger partial charge in [-0.25, -0.2) is 4.79 Å². The van der Waals surface area contributed by atoms with Crippen LogP contribution >= 0.6 is 0 Å². The zero-order valence-corrected chi connectivity index (χ0v) is 11.8. The maximum atomic E-state index is 11.9. The second-order valence-electron chi connectivity index (χ2n) is 4.10. The first-order valence-corrected chi connectivity index (χ1v) is 6.61. The Kier molecular flexibility index (Phi) is 5.85. The number of para-hydroxylation sites is 1. The van der Waals surface area contributed by atoms with Crippen molar-refractivity contribution >= 4 is 17.7 Å². The lowest BCUT2D eigenvalue weighted by Gasteiger charge is -2.14. The Labute approximate surface area is 114 Å². The summed E-state index contributed by atoms with van der Waals surface area (Å²) in [6, 6.07) is 5.68. The van der Waals surface area contributed by atoms with Crippen molar-refractivity contribution in [3.8, 4) is 0 Å². The summed E-state index contributed by atoms with van der Waals surface area (Å²) in [6.45, 7) is 6.52. The Morgan fingerprint density at radius 1 is 1.21 bits per heavy atom. The summed E-state index contributed by atoms with van der Waals surface area (Å²) in [5.74, 6) is 0.132. The molecule has 1 aromatic rings. The molecule has 2 amide bonds. The van der Waals surface area contributed by atoms with Crippen molar-refractivity contribution in [3.05, 3.63) is 29.3 Å². The minimum absolute atomic E-state index is 0.132. The molecule has 0 fully saturated rings. The van der Waals surface area contributed by atoms with Crippen LogP contribution in [0.5, 0.6) is 0 Å². The maximum Gasteiger partial charge on any atom is 0.326 e. The first kappa shape index (κ1) is 15.0. The van der Waals surface area contributed by atoms with Crippen LogP contribution in [-0.4, -0.2) is 18.5 Å². The van der Waals surface area contributed by atoms with Crippen LogP contribution in [0.4, 0.5) is 10.5 Å². The number of nitrogens with one attached hydrogen (secondary N) is 2. The number of carbonyl (C=O) groups is 1. The van der Waals surface area contributed by atoms with E-state index in [1.54, 1.807) is 0 Å². The van der Waals surface area contributed by atoms with Gasteiger partial charge >= 0.3 is 6.03 Å². The van der Waals surface area contributed by atoms with Gasteiger partial charge in [0.2, 0.25) is 0 Å². The highest BCUT2D eigenvalue weighted by atomic mass is 16.2. The highest BCUT2D eigenvalue weighted by Crippen LogP contribution is 2.22. The number of rotatable bonds is 4. The Morgan fingerprint density at radius 2 is 1.79 bits per heavy atom. The van der Waals surface area contributed by atoms with E-state index in [1.807, 2.05) is 25.1 Å². The van der Waals surface area contributed by atoms with Gasteiger partial charge < -0.3 is 11.1 Å². The lowest BCUT2D eigenvalue weighted by Crippen LogP contribution is -2.40. The second kappa shape index (κ2) is 7.41. The van der Waals surface area contributed by atoms with Gasteiger partial charge in [-0.15, -0.1) is 0 Å². The van der Waals surface area contributed by atoms with Crippen LogP contribution in [0.2, 0.25) is 0 Å². The van der Waals surface area contributed by atoms with E-state index in [2.05, 4.69) is 29.5 Å². The van der Waals surface area contributed by atoms with E-state index in [-0.39, 0.29) is 12.0 Å². The number of aliphatic imine (C=N–C) groups is 1. The van der Waals surface area contributed by atoms with E-state index in [0.29, 0.717) is 6.54 Å². The minimum atomic E-state index is -0.356. The quantitative estimate of drug-likeness (QED) is 0.575. The maximum absolute atomic E-state index is 11.9. The summed E-state index contributed by atoms with van der Waals surface area (Å²) in [7, 11) is 0. The van der Waals surface area contributed by atoms with Crippen LogP contribution in [0, 0.1) is 0 Å². The molecule has 0 aliphatic rings. The molecule has 0 aliphatic heterocycles. The van der Waals surface area contributed by atoms with E-state index in [9.17, 15) is 4.79 Å². The van der Waals surface area contributed by atoms with Gasteiger partial charge in [0.1, 0.15) is 0 Å². The molecular weight excluding hydrogens is 240 g/mol. The number of nitrogens with zero attached hydrogens (tertiary/aromatic N) is 1. The fourth-order valence-electron chi connectivity index (χ4n) is 1.87. The third-order valence-electron chi connectivity index (χ3n) is 2.81. The lowest BCUT2D eigenvalue weighted by molar-refractivity contribution is 0.256. The molecule has 104 valence electrons. The third kappa shape index (κ3) is 4.28. The summed E-state index contributed by atoms with van der Waals surface area (Å²) >= 11 is 0. The molecule has 0 spiro atoms. The van der Waals surface area contributed by atoms with Gasteiger partial charge in [0, 0.05) is 12.2 Å². The first-order valence-electron chi connectivity index (χ1n) is 6.61. The predicted octanol–water partition coefficient (Wildman–Crippen LogP) is 2.27. The monoisotopic (exact) mass is 262 g/mol. The Hall–Kier alpha value is -2.04. The highest BCUT2D eigenvalue weighted by Gasteiger charge is 2.10. The number of aryl methyl sites for hydroxylation is 2. The average molecular weight is 262 g/mol. The normalized spacial score (nSPS) is 11.2. The van der Waals surface area contributed by atoms with Crippen LogP contribution in [-0.2, 0) is 12.8 Å². The van der Waals surface area contributed by atoms with Crippen molar-refractivity contribution in [2.45, 2.75) is 33.6 Å². The molecule has 5 heteroatoms. The predicted molar refractivity (Wildman–Crippen MR) is 79.5 cm³/mol. The Balaban J connectivity index is 2.86. The van der Waals surface area contributed by atoms with E-state index >= 15 is 0 Å². The molecule has 0 heterocycles. The van der Waals surface area contributed by atoms with Crippen molar-refractivity contribution < 1.29 is 4.79 Å². The topological polar surface area (TPSA) is 79.5 Å². The first-order chi connectivity index (χ1) is 9.12. The number of urea groups is 1. The smallest absolute Gasteiger partial charge is 0.326 e. The van der Waals surface area contributed by atoms with Gasteiger partial charge in [-0.05, 0) is 30.9 Å². The second-order valence-corrected chi connectivity index (χ2v) is 4.10. The van der Waals surface area contributed by atoms with Gasteiger partial charge in [-0.3, -0.25) is 10.3 Å². The molecule has 0 aromatic heterocycles. The molecule has 0 bridgehead atoms. The van der Waals surface area contributed by atoms with Crippen molar-refractivity contribution in [1.82, 2.24) is 5.32 Å². The molecular formula is C14H22N4O. The minimum Gasteiger partial charge on any atom is -0.370 e. The highest BCUT2D eigenvalue weighted by molar-refractivity contribution is 6.02. The molecule has 5 nitrogen and oxygen atoms in total. The lowest BCUT2D eigenvalue weighted by atomic mass is 10.0. The summed E-state index contributed by atoms with van der Waals surface area (Å²) < 4.78 is 0. The molecule has 0 aliphatic carbocycles. The molecule has 4 N–H and O–H groups in total. The SMILES string of the molecule is CCN=C(N)NC(=O)Nc1c(CC)cccc1CC. The van der Waals surface area contributed by atoms with Gasteiger partial charge in [0.25, 0.3) is 0 Å². The molecule has 0 unspecified atom stereocenters.